The van der Waals surface area contributed by atoms with E-state index < -0.39 is 0 Å². The van der Waals surface area contributed by atoms with Gasteiger partial charge in [-0.15, -0.1) is 0 Å². The largest absolute Gasteiger partial charge is 0.319 e. The Morgan fingerprint density at radius 3 is 2.29 bits per heavy atom. The Balaban J connectivity index is 2.31. The molecule has 0 bridgehead atoms. The van der Waals surface area contributed by atoms with Crippen molar-refractivity contribution >= 4 is 5.91 Å². The van der Waals surface area contributed by atoms with Crippen LogP contribution in [0.1, 0.15) is 63.7 Å². The zero-order chi connectivity index (χ0) is 15.4. The highest BCUT2D eigenvalue weighted by Crippen LogP contribution is 2.31. The van der Waals surface area contributed by atoms with Crippen LogP contribution in [-0.2, 0) is 4.79 Å². The highest BCUT2D eigenvalue weighted by molar-refractivity contribution is 5.84. The molecule has 0 saturated carbocycles. The van der Waals surface area contributed by atoms with Crippen molar-refractivity contribution in [1.29, 1.82) is 0 Å². The van der Waals surface area contributed by atoms with E-state index in [2.05, 4.69) is 62.2 Å². The van der Waals surface area contributed by atoms with E-state index in [9.17, 15) is 4.79 Å². The van der Waals surface area contributed by atoms with Gasteiger partial charge in [0.2, 0.25) is 5.91 Å². The number of nitrogens with zero attached hydrogens (tertiary/aromatic N) is 1. The fourth-order valence-electron chi connectivity index (χ4n) is 3.22. The number of carbonyl (C=O) groups excluding carboxylic acids is 1. The summed E-state index contributed by atoms with van der Waals surface area (Å²) in [6.07, 6.45) is 3.98. The van der Waals surface area contributed by atoms with Crippen molar-refractivity contribution in [2.45, 2.75) is 71.6 Å². The third kappa shape index (κ3) is 3.29. The summed E-state index contributed by atoms with van der Waals surface area (Å²) in [5, 5.41) is 3.55. The number of hydrogen-bond donors (Lipinski definition) is 1. The Labute approximate surface area is 128 Å². The van der Waals surface area contributed by atoms with Crippen molar-refractivity contribution in [3.63, 3.8) is 0 Å². The second-order valence-corrected chi connectivity index (χ2v) is 6.04. The van der Waals surface area contributed by atoms with Gasteiger partial charge in [-0.05, 0) is 31.7 Å². The van der Waals surface area contributed by atoms with Gasteiger partial charge >= 0.3 is 0 Å². The molecule has 0 aliphatic carbocycles. The SMILES string of the molecule is CCCC1NC(c2ccc(C)cc2)N(C(CC)CC)C1=O. The second kappa shape index (κ2) is 7.08. The third-order valence-electron chi connectivity index (χ3n) is 4.50. The maximum Gasteiger partial charge on any atom is 0.241 e. The number of hydrogen-bond acceptors (Lipinski definition) is 2. The Kier molecular flexibility index (Phi) is 5.40. The number of rotatable bonds is 6. The molecule has 3 heteroatoms. The fraction of sp³-hybridized carbons (Fsp3) is 0.611. The normalized spacial score (nSPS) is 22.3. The van der Waals surface area contributed by atoms with E-state index in [4.69, 9.17) is 0 Å². The monoisotopic (exact) mass is 288 g/mol. The molecule has 1 saturated heterocycles. The standard InChI is InChI=1S/C18H28N2O/c1-5-8-16-18(21)20(15(6-2)7-3)17(19-16)14-11-9-13(4)10-12-14/h9-12,15-17,19H,5-8H2,1-4H3. The van der Waals surface area contributed by atoms with Crippen molar-refractivity contribution < 1.29 is 4.79 Å². The van der Waals surface area contributed by atoms with Crippen LogP contribution < -0.4 is 5.32 Å². The molecule has 1 aromatic carbocycles. The maximum atomic E-state index is 12.8. The molecule has 0 aromatic heterocycles. The lowest BCUT2D eigenvalue weighted by Crippen LogP contribution is -2.39. The van der Waals surface area contributed by atoms with Gasteiger partial charge in [-0.3, -0.25) is 10.1 Å². The lowest BCUT2D eigenvalue weighted by atomic mass is 10.1. The van der Waals surface area contributed by atoms with Gasteiger partial charge in [-0.2, -0.15) is 0 Å². The van der Waals surface area contributed by atoms with Crippen LogP contribution in [0.15, 0.2) is 24.3 Å². The molecule has 0 spiro atoms. The highest BCUT2D eigenvalue weighted by atomic mass is 16.2. The molecule has 1 heterocycles. The lowest BCUT2D eigenvalue weighted by Gasteiger charge is -2.32. The predicted molar refractivity (Wildman–Crippen MR) is 87.0 cm³/mol. The van der Waals surface area contributed by atoms with Crippen LogP contribution in [0.5, 0.6) is 0 Å². The van der Waals surface area contributed by atoms with E-state index in [1.165, 1.54) is 11.1 Å². The van der Waals surface area contributed by atoms with Crippen molar-refractivity contribution in [3.05, 3.63) is 35.4 Å². The minimum atomic E-state index is -0.0260. The number of aryl methyl sites for hydroxylation is 1. The molecule has 2 unspecified atom stereocenters. The number of carbonyl (C=O) groups is 1. The Morgan fingerprint density at radius 2 is 1.76 bits per heavy atom. The van der Waals surface area contributed by atoms with Gasteiger partial charge in [0.1, 0.15) is 6.17 Å². The Hall–Kier alpha value is -1.35. The molecule has 3 nitrogen and oxygen atoms in total. The minimum Gasteiger partial charge on any atom is -0.319 e. The van der Waals surface area contributed by atoms with Gasteiger partial charge in [0.15, 0.2) is 0 Å². The van der Waals surface area contributed by atoms with Gasteiger partial charge in [-0.1, -0.05) is 57.0 Å². The first-order chi connectivity index (χ1) is 10.1. The molecule has 2 rings (SSSR count). The van der Waals surface area contributed by atoms with Crippen molar-refractivity contribution in [2.24, 2.45) is 0 Å². The first-order valence-electron chi connectivity index (χ1n) is 8.27. The average Bonchev–Trinajstić information content (AvgIpc) is 2.80. The van der Waals surface area contributed by atoms with E-state index in [0.717, 1.165) is 25.7 Å². The van der Waals surface area contributed by atoms with Crippen LogP contribution in [0.4, 0.5) is 0 Å². The van der Waals surface area contributed by atoms with Gasteiger partial charge in [0.25, 0.3) is 0 Å². The molecular weight excluding hydrogens is 260 g/mol. The lowest BCUT2D eigenvalue weighted by molar-refractivity contribution is -0.132. The zero-order valence-electron chi connectivity index (χ0n) is 13.7. The molecule has 1 fully saturated rings. The van der Waals surface area contributed by atoms with E-state index in [1.807, 2.05) is 0 Å². The molecule has 1 amide bonds. The summed E-state index contributed by atoms with van der Waals surface area (Å²) in [6.45, 7) is 8.56. The zero-order valence-corrected chi connectivity index (χ0v) is 13.7. The first kappa shape index (κ1) is 16.0. The third-order valence-corrected chi connectivity index (χ3v) is 4.50. The molecular formula is C18H28N2O. The highest BCUT2D eigenvalue weighted by Gasteiger charge is 2.41. The summed E-state index contributed by atoms with van der Waals surface area (Å²) in [5.41, 5.74) is 2.45. The Morgan fingerprint density at radius 1 is 1.14 bits per heavy atom. The van der Waals surface area contributed by atoms with Crippen LogP contribution >= 0.6 is 0 Å². The topological polar surface area (TPSA) is 32.3 Å². The number of amides is 1. The molecule has 116 valence electrons. The molecule has 1 aliphatic rings. The van der Waals surface area contributed by atoms with Gasteiger partial charge < -0.3 is 4.90 Å². The summed E-state index contributed by atoms with van der Waals surface area (Å²) in [6, 6.07) is 8.83. The minimum absolute atomic E-state index is 0.0260. The Bertz CT molecular complexity index is 465. The predicted octanol–water partition coefficient (Wildman–Crippen LogP) is 3.78. The van der Waals surface area contributed by atoms with Crippen molar-refractivity contribution in [2.75, 3.05) is 0 Å². The number of benzene rings is 1. The van der Waals surface area contributed by atoms with Crippen LogP contribution in [-0.4, -0.2) is 22.9 Å². The van der Waals surface area contributed by atoms with E-state index in [-0.39, 0.29) is 18.1 Å². The van der Waals surface area contributed by atoms with E-state index >= 15 is 0 Å². The van der Waals surface area contributed by atoms with Crippen LogP contribution in [0.2, 0.25) is 0 Å². The maximum absolute atomic E-state index is 12.8. The fourth-order valence-corrected chi connectivity index (χ4v) is 3.22. The molecule has 21 heavy (non-hydrogen) atoms. The van der Waals surface area contributed by atoms with Gasteiger partial charge in [0, 0.05) is 6.04 Å². The second-order valence-electron chi connectivity index (χ2n) is 6.04. The molecule has 1 aromatic rings. The van der Waals surface area contributed by atoms with Gasteiger partial charge in [0.05, 0.1) is 6.04 Å². The van der Waals surface area contributed by atoms with E-state index in [1.54, 1.807) is 0 Å². The summed E-state index contributed by atoms with van der Waals surface area (Å²) in [7, 11) is 0. The summed E-state index contributed by atoms with van der Waals surface area (Å²) >= 11 is 0. The summed E-state index contributed by atoms with van der Waals surface area (Å²) in [5.74, 6) is 0.274. The quantitative estimate of drug-likeness (QED) is 0.864. The molecule has 2 atom stereocenters. The van der Waals surface area contributed by atoms with Crippen molar-refractivity contribution in [3.8, 4) is 0 Å². The van der Waals surface area contributed by atoms with Crippen LogP contribution in [0.3, 0.4) is 0 Å². The van der Waals surface area contributed by atoms with Crippen molar-refractivity contribution in [1.82, 2.24) is 10.2 Å². The van der Waals surface area contributed by atoms with Crippen LogP contribution in [0.25, 0.3) is 0 Å². The van der Waals surface area contributed by atoms with Crippen LogP contribution in [0, 0.1) is 6.92 Å². The molecule has 1 N–H and O–H groups in total. The summed E-state index contributed by atoms with van der Waals surface area (Å²) < 4.78 is 0. The van der Waals surface area contributed by atoms with Gasteiger partial charge in [-0.25, -0.2) is 0 Å². The molecule has 0 radical (unpaired) electrons. The molecule has 1 aliphatic heterocycles. The van der Waals surface area contributed by atoms with E-state index in [0.29, 0.717) is 6.04 Å². The first-order valence-corrected chi connectivity index (χ1v) is 8.27. The average molecular weight is 288 g/mol. The summed E-state index contributed by atoms with van der Waals surface area (Å²) in [4.78, 5) is 14.9. The number of nitrogens with one attached hydrogen (secondary N) is 1. The smallest absolute Gasteiger partial charge is 0.241 e.